The van der Waals surface area contributed by atoms with Crippen LogP contribution in [0.1, 0.15) is 27.8 Å². The van der Waals surface area contributed by atoms with E-state index in [2.05, 4.69) is 4.98 Å². The highest BCUT2D eigenvalue weighted by atomic mass is 19.1. The van der Waals surface area contributed by atoms with Crippen molar-refractivity contribution in [3.63, 3.8) is 0 Å². The Morgan fingerprint density at radius 3 is 2.57 bits per heavy atom. The molecule has 0 radical (unpaired) electrons. The fraction of sp³-hybridized carbons (Fsp3) is 0.111. The molecule has 0 spiro atoms. The molecule has 0 amide bonds. The Morgan fingerprint density at radius 1 is 1.22 bits per heavy atom. The minimum absolute atomic E-state index is 0.125. The normalized spacial score (nSPS) is 12.1. The van der Waals surface area contributed by atoms with Gasteiger partial charge in [0.2, 0.25) is 0 Å². The third kappa shape index (κ3) is 2.91. The molecule has 1 aromatic heterocycles. The summed E-state index contributed by atoms with van der Waals surface area (Å²) in [4.78, 5) is 16.4. The van der Waals surface area contributed by atoms with Gasteiger partial charge in [0, 0.05) is 18.0 Å². The molecule has 2 aromatic carbocycles. The molecule has 0 aliphatic rings. The first-order valence-corrected chi connectivity index (χ1v) is 7.15. The second-order valence-electron chi connectivity index (χ2n) is 5.19. The van der Waals surface area contributed by atoms with Gasteiger partial charge in [-0.2, -0.15) is 0 Å². The van der Waals surface area contributed by atoms with E-state index in [1.807, 2.05) is 0 Å². The van der Waals surface area contributed by atoms with Crippen molar-refractivity contribution in [3.05, 3.63) is 83.7 Å². The van der Waals surface area contributed by atoms with Gasteiger partial charge < -0.3 is 9.67 Å². The van der Waals surface area contributed by atoms with Crippen LogP contribution in [0.3, 0.4) is 0 Å². The van der Waals surface area contributed by atoms with Crippen molar-refractivity contribution in [1.82, 2.24) is 9.55 Å². The zero-order chi connectivity index (χ0) is 16.4. The van der Waals surface area contributed by atoms with Gasteiger partial charge in [-0.25, -0.2) is 9.37 Å². The van der Waals surface area contributed by atoms with Gasteiger partial charge >= 0.3 is 0 Å². The van der Waals surface area contributed by atoms with Crippen LogP contribution in [0.25, 0.3) is 5.69 Å². The summed E-state index contributed by atoms with van der Waals surface area (Å²) in [5, 5.41) is 10.1. The maximum absolute atomic E-state index is 14.3. The van der Waals surface area contributed by atoms with E-state index in [0.29, 0.717) is 17.1 Å². The van der Waals surface area contributed by atoms with E-state index < -0.39 is 17.7 Å². The summed E-state index contributed by atoms with van der Waals surface area (Å²) in [6.45, 7) is 1.76. The molecule has 1 unspecified atom stereocenters. The van der Waals surface area contributed by atoms with Crippen LogP contribution in [-0.4, -0.2) is 20.4 Å². The Balaban J connectivity index is 1.91. The number of aliphatic hydroxyl groups is 1. The van der Waals surface area contributed by atoms with Crippen LogP contribution in [0.4, 0.5) is 4.39 Å². The minimum Gasteiger partial charge on any atom is -0.380 e. The highest BCUT2D eigenvalue weighted by Crippen LogP contribution is 2.22. The smallest absolute Gasteiger partial charge is 0.195 e. The van der Waals surface area contributed by atoms with E-state index >= 15 is 0 Å². The van der Waals surface area contributed by atoms with Gasteiger partial charge in [0.1, 0.15) is 17.7 Å². The molecule has 23 heavy (non-hydrogen) atoms. The van der Waals surface area contributed by atoms with Crippen LogP contribution in [0.5, 0.6) is 0 Å². The standard InChI is InChI=1S/C18H15FN2O2/c1-12-20-9-10-21(12)16-8-7-14(11-15(16)19)18(23)17(22)13-5-3-2-4-6-13/h2-11,17,22H,1H3. The molecule has 4 nitrogen and oxygen atoms in total. The number of halogens is 1. The number of carbonyl (C=O) groups excluding carboxylic acids is 1. The van der Waals surface area contributed by atoms with Gasteiger partial charge in [0.25, 0.3) is 0 Å². The molecule has 3 rings (SSSR count). The molecule has 0 saturated heterocycles. The Morgan fingerprint density at radius 2 is 1.96 bits per heavy atom. The molecule has 0 aliphatic heterocycles. The van der Waals surface area contributed by atoms with Gasteiger partial charge in [-0.3, -0.25) is 4.79 Å². The number of Topliss-reactive ketones (excluding diaryl/α,β-unsaturated/α-hetero) is 1. The van der Waals surface area contributed by atoms with Crippen LogP contribution in [0, 0.1) is 12.7 Å². The van der Waals surface area contributed by atoms with Gasteiger partial charge in [-0.15, -0.1) is 0 Å². The predicted octanol–water partition coefficient (Wildman–Crippen LogP) is 3.24. The van der Waals surface area contributed by atoms with E-state index in [9.17, 15) is 14.3 Å². The number of rotatable bonds is 4. The molecular weight excluding hydrogens is 295 g/mol. The van der Waals surface area contributed by atoms with Crippen molar-refractivity contribution in [1.29, 1.82) is 0 Å². The van der Waals surface area contributed by atoms with E-state index in [4.69, 9.17) is 0 Å². The molecule has 116 valence electrons. The van der Waals surface area contributed by atoms with Crippen LogP contribution in [-0.2, 0) is 0 Å². The lowest BCUT2D eigenvalue weighted by Gasteiger charge is -2.12. The lowest BCUT2D eigenvalue weighted by Crippen LogP contribution is -2.13. The summed E-state index contributed by atoms with van der Waals surface area (Å²) >= 11 is 0. The molecule has 0 fully saturated rings. The molecular formula is C18H15FN2O2. The summed E-state index contributed by atoms with van der Waals surface area (Å²) in [6.07, 6.45) is 1.91. The van der Waals surface area contributed by atoms with E-state index in [1.165, 1.54) is 12.1 Å². The first-order chi connectivity index (χ1) is 11.1. The summed E-state index contributed by atoms with van der Waals surface area (Å²) in [5.74, 6) is -0.437. The topological polar surface area (TPSA) is 55.1 Å². The third-order valence-electron chi connectivity index (χ3n) is 3.68. The number of aryl methyl sites for hydroxylation is 1. The molecule has 0 aliphatic carbocycles. The number of carbonyl (C=O) groups is 1. The number of hydrogen-bond acceptors (Lipinski definition) is 3. The number of aromatic nitrogens is 2. The Bertz CT molecular complexity index is 843. The Labute approximate surface area is 132 Å². The van der Waals surface area contributed by atoms with E-state index in [1.54, 1.807) is 54.2 Å². The first kappa shape index (κ1) is 15.1. The average molecular weight is 310 g/mol. The van der Waals surface area contributed by atoms with Gasteiger partial charge in [-0.05, 0) is 30.7 Å². The van der Waals surface area contributed by atoms with Crippen molar-refractivity contribution >= 4 is 5.78 Å². The maximum Gasteiger partial charge on any atom is 0.195 e. The van der Waals surface area contributed by atoms with Crippen molar-refractivity contribution < 1.29 is 14.3 Å². The number of ketones is 1. The quantitative estimate of drug-likeness (QED) is 0.753. The summed E-state index contributed by atoms with van der Waals surface area (Å²) in [7, 11) is 0. The number of benzene rings is 2. The van der Waals surface area contributed by atoms with Crippen molar-refractivity contribution in [2.75, 3.05) is 0 Å². The lowest BCUT2D eigenvalue weighted by molar-refractivity contribution is 0.0747. The van der Waals surface area contributed by atoms with Crippen molar-refractivity contribution in [2.45, 2.75) is 13.0 Å². The fourth-order valence-corrected chi connectivity index (χ4v) is 2.43. The fourth-order valence-electron chi connectivity index (χ4n) is 2.43. The Kier molecular flexibility index (Phi) is 4.04. The molecule has 3 aromatic rings. The molecule has 0 bridgehead atoms. The number of hydrogen-bond donors (Lipinski definition) is 1. The molecule has 0 saturated carbocycles. The summed E-state index contributed by atoms with van der Waals surface area (Å²) in [5.41, 5.74) is 0.915. The van der Waals surface area contributed by atoms with Crippen LogP contribution >= 0.6 is 0 Å². The second-order valence-corrected chi connectivity index (χ2v) is 5.19. The SMILES string of the molecule is Cc1nccn1-c1ccc(C(=O)C(O)c2ccccc2)cc1F. The number of imidazole rings is 1. The third-order valence-corrected chi connectivity index (χ3v) is 3.68. The van der Waals surface area contributed by atoms with Gasteiger partial charge in [0.05, 0.1) is 5.69 Å². The van der Waals surface area contributed by atoms with Crippen LogP contribution in [0.15, 0.2) is 60.9 Å². The van der Waals surface area contributed by atoms with Crippen LogP contribution < -0.4 is 0 Å². The highest BCUT2D eigenvalue weighted by molar-refractivity contribution is 6.00. The monoisotopic (exact) mass is 310 g/mol. The average Bonchev–Trinajstić information content (AvgIpc) is 3.00. The maximum atomic E-state index is 14.3. The summed E-state index contributed by atoms with van der Waals surface area (Å²) in [6, 6.07) is 12.7. The zero-order valence-corrected chi connectivity index (χ0v) is 12.5. The number of aliphatic hydroxyl groups excluding tert-OH is 1. The minimum atomic E-state index is -1.31. The Hall–Kier alpha value is -2.79. The predicted molar refractivity (Wildman–Crippen MR) is 84.0 cm³/mol. The zero-order valence-electron chi connectivity index (χ0n) is 12.5. The van der Waals surface area contributed by atoms with Crippen molar-refractivity contribution in [2.24, 2.45) is 0 Å². The molecule has 5 heteroatoms. The highest BCUT2D eigenvalue weighted by Gasteiger charge is 2.20. The van der Waals surface area contributed by atoms with Crippen molar-refractivity contribution in [3.8, 4) is 5.69 Å². The van der Waals surface area contributed by atoms with Crippen LogP contribution in [0.2, 0.25) is 0 Å². The molecule has 1 N–H and O–H groups in total. The molecule has 1 heterocycles. The van der Waals surface area contributed by atoms with Gasteiger partial charge in [0.15, 0.2) is 5.78 Å². The van der Waals surface area contributed by atoms with E-state index in [0.717, 1.165) is 6.07 Å². The molecule has 1 atom stereocenters. The largest absolute Gasteiger partial charge is 0.380 e. The van der Waals surface area contributed by atoms with Gasteiger partial charge in [-0.1, -0.05) is 30.3 Å². The number of nitrogens with zero attached hydrogens (tertiary/aromatic N) is 2. The van der Waals surface area contributed by atoms with E-state index in [-0.39, 0.29) is 5.56 Å². The second kappa shape index (κ2) is 6.14. The summed E-state index contributed by atoms with van der Waals surface area (Å²) < 4.78 is 15.9. The first-order valence-electron chi connectivity index (χ1n) is 7.15. The lowest BCUT2D eigenvalue weighted by atomic mass is 9.99.